The summed E-state index contributed by atoms with van der Waals surface area (Å²) in [5, 5.41) is 0. The quantitative estimate of drug-likeness (QED) is 0.514. The van der Waals surface area contributed by atoms with E-state index in [2.05, 4.69) is 19.9 Å². The number of imidazole rings is 1. The molecule has 4 aromatic rings. The smallest absolute Gasteiger partial charge is 0.223 e. The van der Waals surface area contributed by atoms with Crippen LogP contribution in [0.4, 0.5) is 10.3 Å². The van der Waals surface area contributed by atoms with Crippen LogP contribution in [0.15, 0.2) is 59.1 Å². The molecule has 0 spiro atoms. The number of hydrogen-bond acceptors (Lipinski definition) is 5. The Balaban J connectivity index is 1.17. The molecule has 0 radical (unpaired) electrons. The molecule has 0 unspecified atom stereocenters. The number of benzene rings is 2. The third-order valence-corrected chi connectivity index (χ3v) is 5.77. The Morgan fingerprint density at radius 1 is 1.06 bits per heavy atom. The summed E-state index contributed by atoms with van der Waals surface area (Å²) in [6.07, 6.45) is 3.08. The van der Waals surface area contributed by atoms with Crippen LogP contribution >= 0.6 is 0 Å². The van der Waals surface area contributed by atoms with Gasteiger partial charge in [0.1, 0.15) is 5.82 Å². The Bertz CT molecular complexity index is 1200. The third kappa shape index (κ3) is 4.21. The molecule has 32 heavy (non-hydrogen) atoms. The maximum atomic E-state index is 13.9. The van der Waals surface area contributed by atoms with Crippen molar-refractivity contribution in [2.24, 2.45) is 0 Å². The predicted molar refractivity (Wildman–Crippen MR) is 120 cm³/mol. The first kappa shape index (κ1) is 20.2. The molecule has 0 aliphatic carbocycles. The number of aromatic nitrogens is 3. The maximum Gasteiger partial charge on any atom is 0.223 e. The Morgan fingerprint density at radius 3 is 2.78 bits per heavy atom. The molecule has 3 heterocycles. The molecule has 0 bridgehead atoms. The lowest BCUT2D eigenvalue weighted by atomic mass is 10.2. The van der Waals surface area contributed by atoms with Crippen LogP contribution in [0.2, 0.25) is 0 Å². The molecule has 164 valence electrons. The predicted octanol–water partition coefficient (Wildman–Crippen LogP) is 4.03. The van der Waals surface area contributed by atoms with Gasteiger partial charge < -0.3 is 19.2 Å². The number of nitrogens with one attached hydrogen (secondary N) is 1. The van der Waals surface area contributed by atoms with Crippen molar-refractivity contribution in [3.63, 3.8) is 0 Å². The molecular weight excluding hydrogens is 409 g/mol. The zero-order valence-electron chi connectivity index (χ0n) is 17.6. The van der Waals surface area contributed by atoms with Gasteiger partial charge in [-0.25, -0.2) is 14.4 Å². The molecule has 5 rings (SSSR count). The minimum Gasteiger partial charge on any atom is -0.441 e. The van der Waals surface area contributed by atoms with E-state index in [4.69, 9.17) is 4.42 Å². The fraction of sp³-hybridized carbons (Fsp3) is 0.292. The summed E-state index contributed by atoms with van der Waals surface area (Å²) < 4.78 is 19.6. The number of nitrogens with zero attached hydrogens (tertiary/aromatic N) is 4. The summed E-state index contributed by atoms with van der Waals surface area (Å²) >= 11 is 0. The Kier molecular flexibility index (Phi) is 5.58. The van der Waals surface area contributed by atoms with Gasteiger partial charge in [-0.15, -0.1) is 0 Å². The van der Waals surface area contributed by atoms with Crippen LogP contribution in [-0.4, -0.2) is 51.9 Å². The molecule has 1 saturated heterocycles. The highest BCUT2D eigenvalue weighted by molar-refractivity contribution is 5.78. The molecule has 2 aromatic carbocycles. The summed E-state index contributed by atoms with van der Waals surface area (Å²) in [6.45, 7) is 2.92. The highest BCUT2D eigenvalue weighted by atomic mass is 19.1. The Labute approximate surface area is 184 Å². The van der Waals surface area contributed by atoms with Crippen molar-refractivity contribution in [2.75, 3.05) is 31.1 Å². The molecule has 2 aromatic heterocycles. The minimum atomic E-state index is -0.357. The molecule has 0 saturated carbocycles. The molecule has 8 heteroatoms. The molecule has 7 nitrogen and oxygen atoms in total. The van der Waals surface area contributed by atoms with Crippen LogP contribution in [0.25, 0.3) is 22.4 Å². The van der Waals surface area contributed by atoms with E-state index in [1.807, 2.05) is 29.2 Å². The average molecular weight is 433 g/mol. The molecule has 0 atom stereocenters. The Morgan fingerprint density at radius 2 is 1.91 bits per heavy atom. The first-order valence-corrected chi connectivity index (χ1v) is 10.8. The van der Waals surface area contributed by atoms with Crippen molar-refractivity contribution in [3.05, 3.63) is 66.4 Å². The minimum absolute atomic E-state index is 0.0714. The fourth-order valence-corrected chi connectivity index (χ4v) is 4.05. The van der Waals surface area contributed by atoms with E-state index in [-0.39, 0.29) is 11.7 Å². The summed E-state index contributed by atoms with van der Waals surface area (Å²) in [6, 6.07) is 14.4. The lowest BCUT2D eigenvalue weighted by Crippen LogP contribution is -2.35. The van der Waals surface area contributed by atoms with Crippen LogP contribution in [0, 0.1) is 5.82 Å². The van der Waals surface area contributed by atoms with Crippen molar-refractivity contribution in [1.82, 2.24) is 19.9 Å². The van der Waals surface area contributed by atoms with Gasteiger partial charge in [0.05, 0.1) is 22.8 Å². The number of oxazole rings is 1. The second-order valence-electron chi connectivity index (χ2n) is 7.90. The van der Waals surface area contributed by atoms with Crippen molar-refractivity contribution in [1.29, 1.82) is 0 Å². The van der Waals surface area contributed by atoms with E-state index < -0.39 is 0 Å². The highest BCUT2D eigenvalue weighted by Gasteiger charge is 2.21. The zero-order chi connectivity index (χ0) is 21.9. The highest BCUT2D eigenvalue weighted by Crippen LogP contribution is 2.24. The number of anilines is 1. The van der Waals surface area contributed by atoms with Gasteiger partial charge in [-0.1, -0.05) is 24.3 Å². The van der Waals surface area contributed by atoms with Crippen molar-refractivity contribution >= 4 is 22.9 Å². The average Bonchev–Trinajstić information content (AvgIpc) is 3.38. The van der Waals surface area contributed by atoms with E-state index in [9.17, 15) is 9.18 Å². The van der Waals surface area contributed by atoms with Crippen LogP contribution in [0.1, 0.15) is 18.7 Å². The largest absolute Gasteiger partial charge is 0.441 e. The summed E-state index contributed by atoms with van der Waals surface area (Å²) in [5.74, 6) is 1.38. The second-order valence-corrected chi connectivity index (χ2v) is 7.90. The number of aryl methyl sites for hydroxylation is 1. The number of hydrogen-bond donors (Lipinski definition) is 1. The summed E-state index contributed by atoms with van der Waals surface area (Å²) in [4.78, 5) is 29.1. The summed E-state index contributed by atoms with van der Waals surface area (Å²) in [5.41, 5.74) is 2.33. The first-order valence-electron chi connectivity index (χ1n) is 10.8. The number of amides is 1. The SMILES string of the molecule is O=C(CCc1ncc(-c2ccccc2F)o1)N1CCCN(c2nc3ccccc3[nH]2)CC1. The molecular formula is C24H24FN5O2. The monoisotopic (exact) mass is 433 g/mol. The third-order valence-electron chi connectivity index (χ3n) is 5.77. The van der Waals surface area contributed by atoms with Gasteiger partial charge in [0.15, 0.2) is 11.7 Å². The number of aromatic amines is 1. The van der Waals surface area contributed by atoms with E-state index in [0.29, 0.717) is 43.1 Å². The maximum absolute atomic E-state index is 13.9. The van der Waals surface area contributed by atoms with Gasteiger partial charge in [-0.3, -0.25) is 4.79 Å². The van der Waals surface area contributed by atoms with Crippen molar-refractivity contribution in [2.45, 2.75) is 19.3 Å². The van der Waals surface area contributed by atoms with Gasteiger partial charge in [0.25, 0.3) is 0 Å². The lowest BCUT2D eigenvalue weighted by Gasteiger charge is -2.21. The molecule has 1 amide bonds. The van der Waals surface area contributed by atoms with E-state index in [0.717, 1.165) is 36.5 Å². The van der Waals surface area contributed by atoms with Crippen LogP contribution < -0.4 is 4.90 Å². The second kappa shape index (κ2) is 8.82. The number of fused-ring (bicyclic) bond motifs is 1. The number of H-pyrrole nitrogens is 1. The first-order chi connectivity index (χ1) is 15.7. The number of carbonyl (C=O) groups is 1. The molecule has 1 aliphatic rings. The Hall–Kier alpha value is -3.68. The number of carbonyl (C=O) groups excluding carboxylic acids is 1. The van der Waals surface area contributed by atoms with Gasteiger partial charge >= 0.3 is 0 Å². The van der Waals surface area contributed by atoms with Crippen molar-refractivity contribution in [3.8, 4) is 11.3 Å². The molecule has 1 fully saturated rings. The van der Waals surface area contributed by atoms with Gasteiger partial charge in [0, 0.05) is 39.0 Å². The molecule has 1 aliphatic heterocycles. The normalized spacial score (nSPS) is 14.7. The van der Waals surface area contributed by atoms with E-state index in [1.54, 1.807) is 18.2 Å². The summed E-state index contributed by atoms with van der Waals surface area (Å²) in [7, 11) is 0. The van der Waals surface area contributed by atoms with Crippen LogP contribution in [0.3, 0.4) is 0 Å². The number of halogens is 1. The van der Waals surface area contributed by atoms with Gasteiger partial charge in [0.2, 0.25) is 11.9 Å². The van der Waals surface area contributed by atoms with Gasteiger partial charge in [-0.05, 0) is 30.7 Å². The topological polar surface area (TPSA) is 78.3 Å². The van der Waals surface area contributed by atoms with Gasteiger partial charge in [-0.2, -0.15) is 0 Å². The van der Waals surface area contributed by atoms with Crippen molar-refractivity contribution < 1.29 is 13.6 Å². The fourth-order valence-electron chi connectivity index (χ4n) is 4.05. The number of rotatable bonds is 5. The zero-order valence-corrected chi connectivity index (χ0v) is 17.6. The lowest BCUT2D eigenvalue weighted by molar-refractivity contribution is -0.131. The number of para-hydroxylation sites is 2. The van der Waals surface area contributed by atoms with E-state index >= 15 is 0 Å². The standard InChI is InChI=1S/C24H24FN5O2/c25-18-7-2-1-6-17(18)21-16-26-22(32-21)10-11-23(31)29-12-5-13-30(15-14-29)24-27-19-8-3-4-9-20(19)28-24/h1-4,6-9,16H,5,10-15H2,(H,27,28). The van der Waals surface area contributed by atoms with E-state index in [1.165, 1.54) is 12.3 Å². The molecule has 1 N–H and O–H groups in total. The van der Waals surface area contributed by atoms with Crippen LogP contribution in [-0.2, 0) is 11.2 Å². The van der Waals surface area contributed by atoms with Crippen LogP contribution in [0.5, 0.6) is 0 Å².